The predicted octanol–water partition coefficient (Wildman–Crippen LogP) is 3.08. The maximum atomic E-state index is 12.5. The van der Waals surface area contributed by atoms with Gasteiger partial charge in [-0.05, 0) is 37.8 Å². The monoisotopic (exact) mass is 394 g/mol. The number of halogens is 1. The molecule has 0 saturated heterocycles. The van der Waals surface area contributed by atoms with Gasteiger partial charge in [0.05, 0.1) is 10.6 Å². The van der Waals surface area contributed by atoms with E-state index in [0.717, 1.165) is 25.7 Å². The van der Waals surface area contributed by atoms with Gasteiger partial charge in [-0.1, -0.05) is 50.4 Å². The number of carbonyl (C=O) groups is 3. The zero-order valence-electron chi connectivity index (χ0n) is 16.0. The Morgan fingerprint density at radius 2 is 1.74 bits per heavy atom. The molecule has 2 atom stereocenters. The number of esters is 1. The SMILES string of the molecule is CC(OC(=O)C(NC(=O)c1ccccc1Cl)C(C)C)C(=O)NC1CCCC1. The van der Waals surface area contributed by atoms with Crippen molar-refractivity contribution in [1.82, 2.24) is 10.6 Å². The number of hydrogen-bond acceptors (Lipinski definition) is 4. The van der Waals surface area contributed by atoms with Gasteiger partial charge in [0.2, 0.25) is 0 Å². The van der Waals surface area contributed by atoms with Crippen molar-refractivity contribution in [3.05, 3.63) is 34.9 Å². The van der Waals surface area contributed by atoms with Crippen LogP contribution in [-0.4, -0.2) is 36.0 Å². The van der Waals surface area contributed by atoms with Crippen LogP contribution in [0.15, 0.2) is 24.3 Å². The number of amides is 2. The molecule has 1 aromatic carbocycles. The topological polar surface area (TPSA) is 84.5 Å². The molecule has 148 valence electrons. The summed E-state index contributed by atoms with van der Waals surface area (Å²) in [7, 11) is 0. The van der Waals surface area contributed by atoms with Gasteiger partial charge in [0.1, 0.15) is 6.04 Å². The smallest absolute Gasteiger partial charge is 0.329 e. The Labute approximate surface area is 165 Å². The van der Waals surface area contributed by atoms with E-state index in [1.165, 1.54) is 6.92 Å². The Morgan fingerprint density at radius 3 is 2.33 bits per heavy atom. The third-order valence-corrected chi connectivity index (χ3v) is 5.02. The summed E-state index contributed by atoms with van der Waals surface area (Å²) in [5, 5.41) is 5.87. The first kappa shape index (κ1) is 21.2. The Bertz CT molecular complexity index is 686. The van der Waals surface area contributed by atoms with Crippen molar-refractivity contribution in [2.75, 3.05) is 0 Å². The van der Waals surface area contributed by atoms with E-state index in [1.54, 1.807) is 38.1 Å². The van der Waals surface area contributed by atoms with Gasteiger partial charge in [0.15, 0.2) is 6.10 Å². The zero-order chi connectivity index (χ0) is 20.0. The van der Waals surface area contributed by atoms with Crippen LogP contribution >= 0.6 is 11.6 Å². The molecule has 6 nitrogen and oxygen atoms in total. The van der Waals surface area contributed by atoms with E-state index in [4.69, 9.17) is 16.3 Å². The molecule has 0 radical (unpaired) electrons. The lowest BCUT2D eigenvalue weighted by Gasteiger charge is -2.23. The molecule has 0 bridgehead atoms. The average Bonchev–Trinajstić information content (AvgIpc) is 3.12. The summed E-state index contributed by atoms with van der Waals surface area (Å²) < 4.78 is 5.31. The van der Waals surface area contributed by atoms with E-state index in [0.29, 0.717) is 5.02 Å². The van der Waals surface area contributed by atoms with Crippen molar-refractivity contribution < 1.29 is 19.1 Å². The summed E-state index contributed by atoms with van der Waals surface area (Å²) in [6.07, 6.45) is 3.19. The molecule has 2 amide bonds. The van der Waals surface area contributed by atoms with Gasteiger partial charge in [0.25, 0.3) is 11.8 Å². The minimum Gasteiger partial charge on any atom is -0.451 e. The van der Waals surface area contributed by atoms with E-state index in [9.17, 15) is 14.4 Å². The van der Waals surface area contributed by atoms with Crippen LogP contribution in [-0.2, 0) is 14.3 Å². The highest BCUT2D eigenvalue weighted by Crippen LogP contribution is 2.18. The van der Waals surface area contributed by atoms with E-state index >= 15 is 0 Å². The fraction of sp³-hybridized carbons (Fsp3) is 0.550. The quantitative estimate of drug-likeness (QED) is 0.696. The molecule has 0 aliphatic heterocycles. The largest absolute Gasteiger partial charge is 0.451 e. The van der Waals surface area contributed by atoms with Gasteiger partial charge < -0.3 is 15.4 Å². The fourth-order valence-electron chi connectivity index (χ4n) is 3.05. The molecule has 1 aliphatic rings. The van der Waals surface area contributed by atoms with Gasteiger partial charge in [-0.2, -0.15) is 0 Å². The second-order valence-corrected chi connectivity index (χ2v) is 7.65. The Hall–Kier alpha value is -2.08. The Morgan fingerprint density at radius 1 is 1.11 bits per heavy atom. The number of ether oxygens (including phenoxy) is 1. The summed E-state index contributed by atoms with van der Waals surface area (Å²) in [6.45, 7) is 5.12. The highest BCUT2D eigenvalue weighted by Gasteiger charge is 2.30. The molecule has 0 heterocycles. The molecule has 1 fully saturated rings. The number of hydrogen-bond donors (Lipinski definition) is 2. The van der Waals surface area contributed by atoms with E-state index < -0.39 is 24.0 Å². The molecule has 2 rings (SSSR count). The third-order valence-electron chi connectivity index (χ3n) is 4.69. The minimum absolute atomic E-state index is 0.152. The maximum absolute atomic E-state index is 12.5. The highest BCUT2D eigenvalue weighted by molar-refractivity contribution is 6.33. The van der Waals surface area contributed by atoms with Gasteiger partial charge in [-0.25, -0.2) is 4.79 Å². The molecule has 1 aromatic rings. The van der Waals surface area contributed by atoms with Crippen molar-refractivity contribution in [3.63, 3.8) is 0 Å². The van der Waals surface area contributed by atoms with E-state index in [1.807, 2.05) is 0 Å². The second kappa shape index (κ2) is 9.74. The van der Waals surface area contributed by atoms with Gasteiger partial charge >= 0.3 is 5.97 Å². The first-order chi connectivity index (χ1) is 12.8. The molecule has 1 saturated carbocycles. The van der Waals surface area contributed by atoms with Crippen LogP contribution in [0.3, 0.4) is 0 Å². The van der Waals surface area contributed by atoms with Crippen LogP contribution in [0.25, 0.3) is 0 Å². The predicted molar refractivity (Wildman–Crippen MR) is 103 cm³/mol. The lowest BCUT2D eigenvalue weighted by atomic mass is 10.0. The van der Waals surface area contributed by atoms with Crippen LogP contribution in [0.4, 0.5) is 0 Å². The Kier molecular flexibility index (Phi) is 7.66. The van der Waals surface area contributed by atoms with Crippen LogP contribution in [0.5, 0.6) is 0 Å². The maximum Gasteiger partial charge on any atom is 0.329 e. The molecule has 27 heavy (non-hydrogen) atoms. The average molecular weight is 395 g/mol. The lowest BCUT2D eigenvalue weighted by Crippen LogP contribution is -2.48. The van der Waals surface area contributed by atoms with Gasteiger partial charge in [0, 0.05) is 6.04 Å². The van der Waals surface area contributed by atoms with Gasteiger partial charge in [-0.15, -0.1) is 0 Å². The van der Waals surface area contributed by atoms with Crippen molar-refractivity contribution in [3.8, 4) is 0 Å². The molecular weight excluding hydrogens is 368 g/mol. The summed E-state index contributed by atoms with van der Waals surface area (Å²) in [5.74, 6) is -1.62. The first-order valence-corrected chi connectivity index (χ1v) is 9.73. The van der Waals surface area contributed by atoms with Crippen LogP contribution in [0, 0.1) is 5.92 Å². The number of benzene rings is 1. The van der Waals surface area contributed by atoms with E-state index in [-0.39, 0.29) is 23.4 Å². The summed E-state index contributed by atoms with van der Waals surface area (Å²) in [4.78, 5) is 37.2. The van der Waals surface area contributed by atoms with Gasteiger partial charge in [-0.3, -0.25) is 9.59 Å². The standard InChI is InChI=1S/C20H27ClN2O4/c1-12(2)17(23-19(25)15-10-6-7-11-16(15)21)20(26)27-13(3)18(24)22-14-8-4-5-9-14/h6-7,10-14,17H,4-5,8-9H2,1-3H3,(H,22,24)(H,23,25). The van der Waals surface area contributed by atoms with Crippen molar-refractivity contribution >= 4 is 29.4 Å². The summed E-state index contributed by atoms with van der Waals surface area (Å²) >= 11 is 6.04. The van der Waals surface area contributed by atoms with Crippen LogP contribution in [0.1, 0.15) is 56.8 Å². The fourth-order valence-corrected chi connectivity index (χ4v) is 3.27. The summed E-state index contributed by atoms with van der Waals surface area (Å²) in [6, 6.07) is 5.87. The Balaban J connectivity index is 1.96. The number of carbonyl (C=O) groups excluding carboxylic acids is 3. The van der Waals surface area contributed by atoms with Crippen molar-refractivity contribution in [2.24, 2.45) is 5.92 Å². The molecule has 0 spiro atoms. The van der Waals surface area contributed by atoms with Crippen LogP contribution < -0.4 is 10.6 Å². The second-order valence-electron chi connectivity index (χ2n) is 7.24. The minimum atomic E-state index is -0.920. The summed E-state index contributed by atoms with van der Waals surface area (Å²) in [5.41, 5.74) is 0.282. The van der Waals surface area contributed by atoms with Crippen molar-refractivity contribution in [1.29, 1.82) is 0 Å². The number of nitrogens with one attached hydrogen (secondary N) is 2. The lowest BCUT2D eigenvalue weighted by molar-refractivity contribution is -0.157. The van der Waals surface area contributed by atoms with Crippen molar-refractivity contribution in [2.45, 2.75) is 64.6 Å². The molecule has 1 aliphatic carbocycles. The third kappa shape index (κ3) is 5.96. The molecular formula is C20H27ClN2O4. The van der Waals surface area contributed by atoms with Crippen LogP contribution in [0.2, 0.25) is 5.02 Å². The molecule has 2 N–H and O–H groups in total. The molecule has 2 unspecified atom stereocenters. The molecule has 7 heteroatoms. The van der Waals surface area contributed by atoms with E-state index in [2.05, 4.69) is 10.6 Å². The highest BCUT2D eigenvalue weighted by atomic mass is 35.5. The molecule has 0 aromatic heterocycles. The normalized spacial score (nSPS) is 16.6. The zero-order valence-corrected chi connectivity index (χ0v) is 16.7. The number of rotatable bonds is 7. The first-order valence-electron chi connectivity index (χ1n) is 9.36.